The zero-order valence-electron chi connectivity index (χ0n) is 3.32. The first-order valence-corrected chi connectivity index (χ1v) is 2.38. The summed E-state index contributed by atoms with van der Waals surface area (Å²) < 4.78 is 0. The van der Waals surface area contributed by atoms with Crippen LogP contribution in [0.25, 0.3) is 0 Å². The van der Waals surface area contributed by atoms with Gasteiger partial charge in [0.05, 0.1) is 0 Å². The van der Waals surface area contributed by atoms with Gasteiger partial charge in [0, 0.05) is 6.42 Å². The summed E-state index contributed by atoms with van der Waals surface area (Å²) in [5, 5.41) is 2.90. The van der Waals surface area contributed by atoms with Gasteiger partial charge in [0.25, 0.3) is 0 Å². The van der Waals surface area contributed by atoms with E-state index in [9.17, 15) is 0 Å². The van der Waals surface area contributed by atoms with E-state index < -0.39 is 0 Å². The molecule has 1 atom stereocenters. The molecular formula is C4H6ClN. The van der Waals surface area contributed by atoms with Crippen LogP contribution in [0.4, 0.5) is 0 Å². The Balaban J connectivity index is 2.32. The summed E-state index contributed by atoms with van der Waals surface area (Å²) in [5.41, 5.74) is 0.157. The Morgan fingerprint density at radius 3 is 2.83 bits per heavy atom. The van der Waals surface area contributed by atoms with Crippen LogP contribution in [0, 0.1) is 0 Å². The van der Waals surface area contributed by atoms with Crippen molar-refractivity contribution in [3.8, 4) is 0 Å². The Morgan fingerprint density at radius 1 is 1.83 bits per heavy atom. The molecule has 1 unspecified atom stereocenters. The van der Waals surface area contributed by atoms with Crippen molar-refractivity contribution in [3.63, 3.8) is 0 Å². The van der Waals surface area contributed by atoms with Gasteiger partial charge in [-0.05, 0) is 6.20 Å². The summed E-state index contributed by atoms with van der Waals surface area (Å²) in [7, 11) is 0. The molecule has 1 aliphatic rings. The van der Waals surface area contributed by atoms with Crippen molar-refractivity contribution in [2.75, 3.05) is 0 Å². The molecule has 0 aromatic carbocycles. The Hall–Kier alpha value is -0.170. The third-order valence-electron chi connectivity index (χ3n) is 0.738. The summed E-state index contributed by atoms with van der Waals surface area (Å²) in [4.78, 5) is 0. The van der Waals surface area contributed by atoms with Gasteiger partial charge in [-0.1, -0.05) is 17.7 Å². The predicted octanol–water partition coefficient (Wildman–Crippen LogP) is 1.06. The van der Waals surface area contributed by atoms with E-state index in [1.165, 1.54) is 0 Å². The topological polar surface area (TPSA) is 12.0 Å². The molecule has 0 saturated carbocycles. The number of hydrogen-bond acceptors (Lipinski definition) is 1. The van der Waals surface area contributed by atoms with Gasteiger partial charge in [0.1, 0.15) is 5.50 Å². The zero-order valence-corrected chi connectivity index (χ0v) is 4.07. The van der Waals surface area contributed by atoms with Crippen LogP contribution in [0.1, 0.15) is 6.42 Å². The maximum atomic E-state index is 5.54. The predicted molar refractivity (Wildman–Crippen MR) is 26.5 cm³/mol. The number of nitrogens with one attached hydrogen (secondary N) is 1. The molecule has 0 spiro atoms. The largest absolute Gasteiger partial charge is 0.375 e. The highest BCUT2D eigenvalue weighted by molar-refractivity contribution is 6.20. The molecule has 34 valence electrons. The van der Waals surface area contributed by atoms with Crippen molar-refractivity contribution in [2.24, 2.45) is 0 Å². The fourth-order valence-corrected chi connectivity index (χ4v) is 0.604. The highest BCUT2D eigenvalue weighted by Gasteiger charge is 2.00. The number of hydrogen-bond donors (Lipinski definition) is 1. The standard InChI is InChI=1S/C4H6ClN/c5-4-2-1-3-6-4/h1,3-4,6H,2H2. The van der Waals surface area contributed by atoms with E-state index in [1.807, 2.05) is 12.3 Å². The van der Waals surface area contributed by atoms with Crippen molar-refractivity contribution >= 4 is 11.6 Å². The Kier molecular flexibility index (Phi) is 1.01. The van der Waals surface area contributed by atoms with Crippen molar-refractivity contribution in [3.05, 3.63) is 12.3 Å². The molecular weight excluding hydrogens is 97.5 g/mol. The molecule has 1 nitrogen and oxygen atoms in total. The molecule has 0 bridgehead atoms. The lowest BCUT2D eigenvalue weighted by molar-refractivity contribution is 0.837. The Morgan fingerprint density at radius 2 is 2.67 bits per heavy atom. The Bertz CT molecular complexity index is 61.9. The third kappa shape index (κ3) is 0.658. The van der Waals surface area contributed by atoms with Gasteiger partial charge in [-0.25, -0.2) is 0 Å². The maximum absolute atomic E-state index is 5.54. The smallest absolute Gasteiger partial charge is 0.104 e. The summed E-state index contributed by atoms with van der Waals surface area (Å²) >= 11 is 5.54. The minimum absolute atomic E-state index is 0.157. The van der Waals surface area contributed by atoms with Crippen LogP contribution >= 0.6 is 11.6 Å². The minimum Gasteiger partial charge on any atom is -0.375 e. The minimum atomic E-state index is 0.157. The molecule has 0 aromatic rings. The number of rotatable bonds is 0. The van der Waals surface area contributed by atoms with Gasteiger partial charge in [0.15, 0.2) is 0 Å². The Labute approximate surface area is 42.0 Å². The lowest BCUT2D eigenvalue weighted by Gasteiger charge is -1.94. The lowest BCUT2D eigenvalue weighted by Crippen LogP contribution is -2.09. The van der Waals surface area contributed by atoms with E-state index in [4.69, 9.17) is 11.6 Å². The first-order valence-electron chi connectivity index (χ1n) is 1.95. The second-order valence-electron chi connectivity index (χ2n) is 1.27. The van der Waals surface area contributed by atoms with Crippen LogP contribution in [-0.2, 0) is 0 Å². The molecule has 1 heterocycles. The molecule has 6 heavy (non-hydrogen) atoms. The van der Waals surface area contributed by atoms with Crippen LogP contribution < -0.4 is 5.32 Å². The van der Waals surface area contributed by atoms with Gasteiger partial charge in [-0.3, -0.25) is 0 Å². The van der Waals surface area contributed by atoms with Crippen LogP contribution in [0.3, 0.4) is 0 Å². The highest BCUT2D eigenvalue weighted by atomic mass is 35.5. The first-order chi connectivity index (χ1) is 2.89. The number of halogens is 1. The molecule has 1 aliphatic heterocycles. The van der Waals surface area contributed by atoms with E-state index in [-0.39, 0.29) is 5.50 Å². The lowest BCUT2D eigenvalue weighted by atomic mass is 10.5. The van der Waals surface area contributed by atoms with Gasteiger partial charge < -0.3 is 5.32 Å². The van der Waals surface area contributed by atoms with Gasteiger partial charge >= 0.3 is 0 Å². The van der Waals surface area contributed by atoms with Crippen molar-refractivity contribution in [1.82, 2.24) is 5.32 Å². The summed E-state index contributed by atoms with van der Waals surface area (Å²) in [5.74, 6) is 0. The molecule has 0 radical (unpaired) electrons. The van der Waals surface area contributed by atoms with E-state index in [0.29, 0.717) is 0 Å². The second-order valence-corrected chi connectivity index (χ2v) is 1.80. The van der Waals surface area contributed by atoms with E-state index in [1.54, 1.807) is 0 Å². The first kappa shape index (κ1) is 4.00. The van der Waals surface area contributed by atoms with Crippen molar-refractivity contribution in [1.29, 1.82) is 0 Å². The highest BCUT2D eigenvalue weighted by Crippen LogP contribution is 2.03. The van der Waals surface area contributed by atoms with Gasteiger partial charge in [0.2, 0.25) is 0 Å². The fraction of sp³-hybridized carbons (Fsp3) is 0.500. The second kappa shape index (κ2) is 1.52. The molecule has 1 N–H and O–H groups in total. The molecule has 0 fully saturated rings. The summed E-state index contributed by atoms with van der Waals surface area (Å²) in [6, 6.07) is 0. The van der Waals surface area contributed by atoms with Gasteiger partial charge in [-0.15, -0.1) is 0 Å². The number of alkyl halides is 1. The monoisotopic (exact) mass is 103 g/mol. The zero-order chi connectivity index (χ0) is 4.41. The normalized spacial score (nSPS) is 30.5. The van der Waals surface area contributed by atoms with Crippen LogP contribution in [-0.4, -0.2) is 5.50 Å². The van der Waals surface area contributed by atoms with E-state index in [2.05, 4.69) is 5.32 Å². The van der Waals surface area contributed by atoms with E-state index >= 15 is 0 Å². The fourth-order valence-electron chi connectivity index (χ4n) is 0.428. The third-order valence-corrected chi connectivity index (χ3v) is 1.04. The molecule has 0 saturated heterocycles. The van der Waals surface area contributed by atoms with Crippen LogP contribution in [0.5, 0.6) is 0 Å². The average molecular weight is 104 g/mol. The molecule has 0 aromatic heterocycles. The molecule has 0 amide bonds. The maximum Gasteiger partial charge on any atom is 0.104 e. The summed E-state index contributed by atoms with van der Waals surface area (Å²) in [6.45, 7) is 0. The average Bonchev–Trinajstić information content (AvgIpc) is 1.86. The molecule has 1 rings (SSSR count). The van der Waals surface area contributed by atoms with Crippen molar-refractivity contribution < 1.29 is 0 Å². The van der Waals surface area contributed by atoms with Gasteiger partial charge in [-0.2, -0.15) is 0 Å². The van der Waals surface area contributed by atoms with E-state index in [0.717, 1.165) is 6.42 Å². The van der Waals surface area contributed by atoms with Crippen LogP contribution in [0.15, 0.2) is 12.3 Å². The van der Waals surface area contributed by atoms with Crippen LogP contribution in [0.2, 0.25) is 0 Å². The molecule has 2 heteroatoms. The summed E-state index contributed by atoms with van der Waals surface area (Å²) in [6.07, 6.45) is 4.84. The molecule has 0 aliphatic carbocycles. The quantitative estimate of drug-likeness (QED) is 0.357. The SMILES string of the molecule is ClC1CC=CN1. The van der Waals surface area contributed by atoms with Crippen molar-refractivity contribution in [2.45, 2.75) is 11.9 Å².